The lowest BCUT2D eigenvalue weighted by molar-refractivity contribution is -0.258. The number of allylic oxidation sites excluding steroid dienone is 1. The van der Waals surface area contributed by atoms with Crippen LogP contribution in [0.15, 0.2) is 102 Å². The van der Waals surface area contributed by atoms with Gasteiger partial charge in [0.05, 0.1) is 24.8 Å². The second-order valence-corrected chi connectivity index (χ2v) is 20.1. The zero-order chi connectivity index (χ0) is 50.5. The summed E-state index contributed by atoms with van der Waals surface area (Å²) in [6, 6.07) is 20.7. The topological polar surface area (TPSA) is 148 Å². The van der Waals surface area contributed by atoms with Crippen LogP contribution in [0, 0.1) is 23.6 Å². The number of rotatable bonds is 29. The fraction of sp³-hybridized carbons (Fsp3) is 0.576. The first-order valence-electron chi connectivity index (χ1n) is 27.2. The predicted octanol–water partition coefficient (Wildman–Crippen LogP) is 12.2. The molecule has 1 saturated heterocycles. The molecule has 0 aromatic heterocycles. The molecule has 4 aliphatic rings. The molecule has 0 bridgehead atoms. The third kappa shape index (κ3) is 14.6. The minimum Gasteiger partial charge on any atom is -0.459 e. The van der Waals surface area contributed by atoms with Crippen molar-refractivity contribution < 1.29 is 48.0 Å². The average Bonchev–Trinajstić information content (AvgIpc) is 3.40. The van der Waals surface area contributed by atoms with Crippen LogP contribution >= 0.6 is 0 Å². The van der Waals surface area contributed by atoms with Gasteiger partial charge in [-0.2, -0.15) is 0 Å². The van der Waals surface area contributed by atoms with E-state index in [1.807, 2.05) is 47.4 Å². The fourth-order valence-electron chi connectivity index (χ4n) is 11.4. The second-order valence-electron chi connectivity index (χ2n) is 20.1. The summed E-state index contributed by atoms with van der Waals surface area (Å²) >= 11 is 0. The summed E-state index contributed by atoms with van der Waals surface area (Å²) in [4.78, 5) is 36.9. The Balaban J connectivity index is 1.35. The number of carbonyl (C=O) groups is 2. The molecule has 1 unspecified atom stereocenters. The van der Waals surface area contributed by atoms with Gasteiger partial charge >= 0.3 is 6.09 Å². The molecule has 2 heterocycles. The SMILES string of the molecule is C=CCO[C@@]12Oc3ccc(OC(=O)NCc4ccccc4)cc3[C@H]3[C@H](CCCCO)[C@@H](CCCCO)C=C(C(=NOC4CCCCO4)C[C@@H]1N(Cc1ccc(F)cc1)C(=O)CCCCCCCCCCC)[C@H]32. The fourth-order valence-corrected chi connectivity index (χ4v) is 11.4. The highest BCUT2D eigenvalue weighted by molar-refractivity contribution is 6.03. The molecule has 7 atom stereocenters. The number of halogens is 1. The van der Waals surface area contributed by atoms with Crippen LogP contribution in [0.2, 0.25) is 0 Å². The predicted molar refractivity (Wildman–Crippen MR) is 278 cm³/mol. The van der Waals surface area contributed by atoms with E-state index in [0.717, 1.165) is 86.5 Å². The van der Waals surface area contributed by atoms with Gasteiger partial charge in [0, 0.05) is 57.0 Å². The summed E-state index contributed by atoms with van der Waals surface area (Å²) in [5.74, 6) is -1.95. The number of hydrogen-bond donors (Lipinski definition) is 3. The van der Waals surface area contributed by atoms with Crippen molar-refractivity contribution in [2.24, 2.45) is 22.9 Å². The highest BCUT2D eigenvalue weighted by Crippen LogP contribution is 2.62. The number of aliphatic hydroxyl groups is 2. The number of hydrogen-bond acceptors (Lipinski definition) is 10. The van der Waals surface area contributed by atoms with Crippen molar-refractivity contribution in [1.82, 2.24) is 10.2 Å². The van der Waals surface area contributed by atoms with E-state index < -0.39 is 30.1 Å². The molecule has 2 aliphatic carbocycles. The van der Waals surface area contributed by atoms with E-state index in [9.17, 15) is 19.4 Å². The van der Waals surface area contributed by atoms with Crippen molar-refractivity contribution in [3.8, 4) is 11.5 Å². The standard InChI is InChI=1S/C59H80FN3O9/c1-3-5-6-7-8-9-10-11-15-26-54(66)63(42-44-28-30-46(60)31-29-44)53-40-51(62-72-55-27-18-21-37-68-55)49-38-45(24-16-19-34-64)48(25-17-20-35-65)56-50-39-47(70-58(67)61-41-43-22-13-12-14-23-43)32-33-52(50)71-59(53,57(49)56)69-36-4-2/h4,12-14,22-23,28-33,38-39,45,48,53,55-57,64-65H,2-3,5-11,15-21,24-27,34-37,40-42H2,1H3,(H,61,67)/t45-,48+,53-,55?,56+,57+,59+/m0/s1. The van der Waals surface area contributed by atoms with Crippen LogP contribution < -0.4 is 14.8 Å². The minimum atomic E-state index is -1.49. The van der Waals surface area contributed by atoms with Gasteiger partial charge in [0.2, 0.25) is 18.0 Å². The molecule has 7 rings (SSSR count). The lowest BCUT2D eigenvalue weighted by Gasteiger charge is -2.60. The number of aliphatic hydroxyl groups excluding tert-OH is 2. The van der Waals surface area contributed by atoms with E-state index in [2.05, 4.69) is 24.9 Å². The largest absolute Gasteiger partial charge is 0.459 e. The normalized spacial score (nSPS) is 23.8. The number of amides is 2. The summed E-state index contributed by atoms with van der Waals surface area (Å²) in [5.41, 5.74) is 4.10. The molecule has 0 radical (unpaired) electrons. The van der Waals surface area contributed by atoms with Crippen LogP contribution in [-0.4, -0.2) is 77.4 Å². The van der Waals surface area contributed by atoms with E-state index in [-0.39, 0.29) is 62.3 Å². The van der Waals surface area contributed by atoms with E-state index in [4.69, 9.17) is 28.9 Å². The smallest absolute Gasteiger partial charge is 0.412 e. The Morgan fingerprint density at radius 1 is 0.889 bits per heavy atom. The Morgan fingerprint density at radius 2 is 1.62 bits per heavy atom. The third-order valence-electron chi connectivity index (χ3n) is 15.0. The molecular formula is C59H80FN3O9. The molecule has 1 saturated carbocycles. The number of benzene rings is 3. The molecule has 3 aromatic carbocycles. The van der Waals surface area contributed by atoms with Crippen LogP contribution in [0.5, 0.6) is 11.5 Å². The number of unbranched alkanes of at least 4 members (excludes halogenated alkanes) is 10. The lowest BCUT2D eigenvalue weighted by atomic mass is 9.55. The molecule has 392 valence electrons. The van der Waals surface area contributed by atoms with E-state index in [0.29, 0.717) is 56.0 Å². The molecule has 3 aromatic rings. The molecule has 3 N–H and O–H groups in total. The maximum absolute atomic E-state index is 15.3. The van der Waals surface area contributed by atoms with Gasteiger partial charge in [-0.3, -0.25) is 4.79 Å². The van der Waals surface area contributed by atoms with Gasteiger partial charge < -0.3 is 44.2 Å². The van der Waals surface area contributed by atoms with Gasteiger partial charge in [-0.15, -0.1) is 6.58 Å². The molecule has 2 fully saturated rings. The van der Waals surface area contributed by atoms with E-state index >= 15 is 4.79 Å². The first-order chi connectivity index (χ1) is 35.3. The molecule has 72 heavy (non-hydrogen) atoms. The number of nitrogens with zero attached hydrogens (tertiary/aromatic N) is 2. The number of ether oxygens (including phenoxy) is 4. The molecular weight excluding hydrogens is 914 g/mol. The number of nitrogens with one attached hydrogen (secondary N) is 1. The Kier molecular flexibility index (Phi) is 21.6. The minimum absolute atomic E-state index is 0.00423. The second kappa shape index (κ2) is 28.4. The van der Waals surface area contributed by atoms with Crippen molar-refractivity contribution >= 4 is 17.7 Å². The van der Waals surface area contributed by atoms with Crippen LogP contribution in [0.3, 0.4) is 0 Å². The maximum atomic E-state index is 15.3. The molecule has 2 amide bonds. The number of fused-ring (bicyclic) bond motifs is 2. The van der Waals surface area contributed by atoms with Crippen LogP contribution in [0.1, 0.15) is 158 Å². The highest BCUT2D eigenvalue weighted by Gasteiger charge is 2.65. The van der Waals surface area contributed by atoms with Crippen LogP contribution in [0.25, 0.3) is 0 Å². The van der Waals surface area contributed by atoms with Gasteiger partial charge in [0.15, 0.2) is 0 Å². The molecule has 13 heteroatoms. The molecule has 2 aliphatic heterocycles. The first kappa shape index (κ1) is 54.7. The van der Waals surface area contributed by atoms with Crippen molar-refractivity contribution in [2.75, 3.05) is 26.4 Å². The summed E-state index contributed by atoms with van der Waals surface area (Å²) in [6.45, 7) is 7.58. The zero-order valence-corrected chi connectivity index (χ0v) is 42.7. The van der Waals surface area contributed by atoms with E-state index in [1.54, 1.807) is 24.3 Å². The van der Waals surface area contributed by atoms with Crippen molar-refractivity contribution in [3.63, 3.8) is 0 Å². The van der Waals surface area contributed by atoms with Crippen molar-refractivity contribution in [3.05, 3.63) is 120 Å². The lowest BCUT2D eigenvalue weighted by Crippen LogP contribution is -2.70. The average molecular weight is 994 g/mol. The van der Waals surface area contributed by atoms with Gasteiger partial charge in [0.25, 0.3) is 0 Å². The van der Waals surface area contributed by atoms with Gasteiger partial charge in [-0.05, 0) is 104 Å². The Bertz CT molecular complexity index is 2220. The van der Waals surface area contributed by atoms with Crippen LogP contribution in [0.4, 0.5) is 9.18 Å². The Hall–Kier alpha value is -5.08. The maximum Gasteiger partial charge on any atom is 0.412 e. The van der Waals surface area contributed by atoms with Crippen LogP contribution in [-0.2, 0) is 32.2 Å². The number of oxime groups is 1. The zero-order valence-electron chi connectivity index (χ0n) is 42.7. The van der Waals surface area contributed by atoms with Gasteiger partial charge in [-0.1, -0.05) is 131 Å². The summed E-state index contributed by atoms with van der Waals surface area (Å²) in [6.07, 6.45) is 20.3. The summed E-state index contributed by atoms with van der Waals surface area (Å²) in [5, 5.41) is 28.0. The summed E-state index contributed by atoms with van der Waals surface area (Å²) < 4.78 is 41.3. The summed E-state index contributed by atoms with van der Waals surface area (Å²) in [7, 11) is 0. The highest BCUT2D eigenvalue weighted by atomic mass is 19.1. The first-order valence-corrected chi connectivity index (χ1v) is 27.2. The van der Waals surface area contributed by atoms with E-state index in [1.165, 1.54) is 44.2 Å². The quantitative estimate of drug-likeness (QED) is 0.0351. The third-order valence-corrected chi connectivity index (χ3v) is 15.0. The van der Waals surface area contributed by atoms with Crippen molar-refractivity contribution in [1.29, 1.82) is 0 Å². The Morgan fingerprint density at radius 3 is 2.33 bits per heavy atom. The van der Waals surface area contributed by atoms with Gasteiger partial charge in [0.1, 0.15) is 23.4 Å². The molecule has 12 nitrogen and oxygen atoms in total. The van der Waals surface area contributed by atoms with Crippen molar-refractivity contribution in [2.45, 2.75) is 172 Å². The Labute approximate surface area is 427 Å². The molecule has 0 spiro atoms. The number of carbonyl (C=O) groups excluding carboxylic acids is 2. The monoisotopic (exact) mass is 994 g/mol. The van der Waals surface area contributed by atoms with Gasteiger partial charge in [-0.25, -0.2) is 9.18 Å².